The Morgan fingerprint density at radius 3 is 2.11 bits per heavy atom. The first-order chi connectivity index (χ1) is 31.6. The van der Waals surface area contributed by atoms with Crippen LogP contribution in [0.2, 0.25) is 0 Å². The number of anilines is 5. The highest BCUT2D eigenvalue weighted by atomic mass is 19.1. The minimum absolute atomic E-state index is 0.0210. The van der Waals surface area contributed by atoms with Crippen LogP contribution in [0.25, 0.3) is 0 Å². The fourth-order valence-corrected chi connectivity index (χ4v) is 11.1. The maximum Gasteiger partial charge on any atom is 0.249 e. The molecule has 3 aromatic rings. The van der Waals surface area contributed by atoms with Crippen molar-refractivity contribution in [1.29, 1.82) is 0 Å². The molecule has 9 rings (SSSR count). The van der Waals surface area contributed by atoms with E-state index < -0.39 is 6.04 Å². The van der Waals surface area contributed by atoms with Gasteiger partial charge in [0.2, 0.25) is 29.6 Å². The van der Waals surface area contributed by atoms with Crippen LogP contribution in [0.4, 0.5) is 33.2 Å². The molecule has 4 N–H and O–H groups in total. The van der Waals surface area contributed by atoms with Gasteiger partial charge in [0.15, 0.2) is 0 Å². The van der Waals surface area contributed by atoms with Crippen molar-refractivity contribution in [2.45, 2.75) is 95.2 Å². The summed E-state index contributed by atoms with van der Waals surface area (Å²) in [5.41, 5.74) is 1.94. The van der Waals surface area contributed by atoms with E-state index in [0.717, 1.165) is 148 Å². The number of nitrogens with one attached hydrogen (secondary N) is 4. The van der Waals surface area contributed by atoms with E-state index in [-0.39, 0.29) is 47.7 Å². The monoisotopic (exact) mass is 896 g/mol. The summed E-state index contributed by atoms with van der Waals surface area (Å²) in [6, 6.07) is 7.28. The molecule has 2 aliphatic carbocycles. The first-order valence-corrected chi connectivity index (χ1v) is 24.1. The van der Waals surface area contributed by atoms with Gasteiger partial charge < -0.3 is 30.7 Å². The van der Waals surface area contributed by atoms with Gasteiger partial charge in [-0.15, -0.1) is 0 Å². The molecule has 6 heterocycles. The number of halogens is 1. The van der Waals surface area contributed by atoms with E-state index in [0.29, 0.717) is 41.7 Å². The van der Waals surface area contributed by atoms with Gasteiger partial charge in [0.05, 0.1) is 17.6 Å². The molecule has 4 amide bonds. The molecular formula is C47H66FN13O4. The number of piperidine rings is 2. The van der Waals surface area contributed by atoms with Crippen LogP contribution in [0.5, 0.6) is 0 Å². The quantitative estimate of drug-likeness (QED) is 0.192. The molecule has 4 aliphatic heterocycles. The van der Waals surface area contributed by atoms with E-state index >= 15 is 4.39 Å². The number of carbonyl (C=O) groups is 4. The number of imide groups is 1. The minimum Gasteiger partial charge on any atom is -0.374 e. The maximum absolute atomic E-state index is 15.2. The van der Waals surface area contributed by atoms with Crippen LogP contribution >= 0.6 is 0 Å². The van der Waals surface area contributed by atoms with Gasteiger partial charge in [-0.1, -0.05) is 0 Å². The van der Waals surface area contributed by atoms with Crippen LogP contribution in [-0.4, -0.2) is 153 Å². The number of aromatic nitrogens is 4. The molecule has 350 valence electrons. The van der Waals surface area contributed by atoms with E-state index in [4.69, 9.17) is 0 Å². The molecule has 0 unspecified atom stereocenters. The summed E-state index contributed by atoms with van der Waals surface area (Å²) in [6.07, 6.45) is 15.7. The molecule has 1 aromatic carbocycles. The van der Waals surface area contributed by atoms with Crippen molar-refractivity contribution >= 4 is 52.5 Å². The molecule has 1 atom stereocenters. The van der Waals surface area contributed by atoms with Crippen molar-refractivity contribution in [3.05, 3.63) is 48.7 Å². The van der Waals surface area contributed by atoms with Crippen molar-refractivity contribution in [3.8, 4) is 0 Å². The highest BCUT2D eigenvalue weighted by Gasteiger charge is 2.37. The lowest BCUT2D eigenvalue weighted by Gasteiger charge is -2.43. The third-order valence-electron chi connectivity index (χ3n) is 14.9. The molecule has 18 heteroatoms. The van der Waals surface area contributed by atoms with Gasteiger partial charge in [0.1, 0.15) is 17.7 Å². The zero-order chi connectivity index (χ0) is 44.9. The number of nitrogens with zero attached hydrogens (tertiary/aromatic N) is 9. The van der Waals surface area contributed by atoms with E-state index in [1.165, 1.54) is 6.07 Å². The number of carbonyl (C=O) groups excluding carboxylic acids is 4. The van der Waals surface area contributed by atoms with Crippen molar-refractivity contribution in [3.63, 3.8) is 0 Å². The zero-order valence-electron chi connectivity index (χ0n) is 37.8. The van der Waals surface area contributed by atoms with Gasteiger partial charge >= 0.3 is 0 Å². The van der Waals surface area contributed by atoms with Crippen molar-refractivity contribution < 1.29 is 23.6 Å². The number of aryl methyl sites for hydroxylation is 1. The Hall–Kier alpha value is -5.36. The highest BCUT2D eigenvalue weighted by molar-refractivity contribution is 6.01. The third kappa shape index (κ3) is 11.2. The standard InChI is InChI=1S/C47H66FN13O4/c1-56-31-37(29-50-56)53-47-49-17-14-42(54-47)52-35-6-9-38(10-7-35)58-24-26-61(27-25-58)46(65)34-4-2-33(3-5-34)45(64)60-18-15-32(16-19-60)30-57-20-22-59(23-21-57)41-12-8-36(28-39(41)48)51-40-11-13-43(62)55-44(40)63/h8,12,14,17,28-29,31-35,38,40,51H,2-7,9-11,13,15-16,18-27,30H2,1H3,(H,55,62,63)(H2,49,52,53,54)/t33?,34?,35?,38?,40-/m0/s1. The Morgan fingerprint density at radius 1 is 0.769 bits per heavy atom. The Labute approximate surface area is 381 Å². The van der Waals surface area contributed by atoms with Crippen LogP contribution in [0.3, 0.4) is 0 Å². The van der Waals surface area contributed by atoms with Crippen LogP contribution < -0.4 is 26.2 Å². The number of rotatable bonds is 12. The van der Waals surface area contributed by atoms with Crippen LogP contribution in [0.15, 0.2) is 42.9 Å². The second-order valence-corrected chi connectivity index (χ2v) is 19.2. The van der Waals surface area contributed by atoms with Crippen LogP contribution in [0, 0.1) is 23.6 Å². The highest BCUT2D eigenvalue weighted by Crippen LogP contribution is 2.34. The third-order valence-corrected chi connectivity index (χ3v) is 14.9. The van der Waals surface area contributed by atoms with Gasteiger partial charge in [-0.25, -0.2) is 9.37 Å². The molecule has 6 fully saturated rings. The summed E-state index contributed by atoms with van der Waals surface area (Å²) in [6.45, 7) is 9.17. The molecular weight excluding hydrogens is 830 g/mol. The summed E-state index contributed by atoms with van der Waals surface area (Å²) >= 11 is 0. The minimum atomic E-state index is -0.552. The molecule has 0 radical (unpaired) electrons. The summed E-state index contributed by atoms with van der Waals surface area (Å²) in [7, 11) is 1.88. The van der Waals surface area contributed by atoms with Crippen molar-refractivity contribution in [2.24, 2.45) is 24.8 Å². The Bertz CT molecular complexity index is 2130. The lowest BCUT2D eigenvalue weighted by Crippen LogP contribution is -2.54. The number of benzene rings is 1. The molecule has 0 spiro atoms. The predicted molar refractivity (Wildman–Crippen MR) is 246 cm³/mol. The van der Waals surface area contributed by atoms with E-state index in [1.54, 1.807) is 29.2 Å². The lowest BCUT2D eigenvalue weighted by atomic mass is 9.80. The Balaban J connectivity index is 0.635. The second-order valence-electron chi connectivity index (χ2n) is 19.2. The molecule has 2 aromatic heterocycles. The lowest BCUT2D eigenvalue weighted by molar-refractivity contribution is -0.143. The number of likely N-dealkylation sites (tertiary alicyclic amines) is 1. The molecule has 17 nitrogen and oxygen atoms in total. The van der Waals surface area contributed by atoms with Crippen molar-refractivity contribution in [1.82, 2.24) is 44.7 Å². The molecule has 0 bridgehead atoms. The van der Waals surface area contributed by atoms with Crippen LogP contribution in [0.1, 0.15) is 77.0 Å². The topological polar surface area (TPSA) is 176 Å². The molecule has 2 saturated carbocycles. The van der Waals surface area contributed by atoms with Crippen LogP contribution in [-0.2, 0) is 26.2 Å². The maximum atomic E-state index is 15.2. The average Bonchev–Trinajstić information content (AvgIpc) is 3.74. The summed E-state index contributed by atoms with van der Waals surface area (Å²) < 4.78 is 17.0. The number of hydrogen-bond donors (Lipinski definition) is 4. The number of amides is 4. The first kappa shape index (κ1) is 44.8. The Kier molecular flexibility index (Phi) is 14.1. The summed E-state index contributed by atoms with van der Waals surface area (Å²) in [5.74, 6) is 1.54. The van der Waals surface area contributed by atoms with E-state index in [9.17, 15) is 19.2 Å². The van der Waals surface area contributed by atoms with E-state index in [1.807, 2.05) is 19.3 Å². The van der Waals surface area contributed by atoms with Gasteiger partial charge in [-0.3, -0.25) is 39.0 Å². The van der Waals surface area contributed by atoms with Crippen molar-refractivity contribution in [2.75, 3.05) is 92.8 Å². The SMILES string of the molecule is Cn1cc(Nc2nccc(NC3CCC(N4CCN(C(=O)C5CCC(C(=O)N6CCC(CN7CCN(c8ccc(N[C@H]9CCC(=O)NC9=O)cc8F)CC7)CC6)CC5)CC4)CC3)n2)cn1. The number of piperazine rings is 2. The van der Waals surface area contributed by atoms with Gasteiger partial charge in [-0.2, -0.15) is 10.1 Å². The molecule has 65 heavy (non-hydrogen) atoms. The fourth-order valence-electron chi connectivity index (χ4n) is 11.1. The van der Waals surface area contributed by atoms with Gasteiger partial charge in [0, 0.05) is 127 Å². The molecule has 4 saturated heterocycles. The molecule has 6 aliphatic rings. The first-order valence-electron chi connectivity index (χ1n) is 24.1. The zero-order valence-corrected chi connectivity index (χ0v) is 37.8. The van der Waals surface area contributed by atoms with E-state index in [2.05, 4.69) is 60.8 Å². The smallest absolute Gasteiger partial charge is 0.249 e. The predicted octanol–water partition coefficient (Wildman–Crippen LogP) is 4.04. The summed E-state index contributed by atoms with van der Waals surface area (Å²) in [4.78, 5) is 71.3. The Morgan fingerprint density at radius 2 is 1.46 bits per heavy atom. The van der Waals surface area contributed by atoms with Gasteiger partial charge in [-0.05, 0) is 101 Å². The average molecular weight is 896 g/mol. The number of hydrogen-bond acceptors (Lipinski definition) is 13. The largest absolute Gasteiger partial charge is 0.374 e. The normalized spacial score (nSPS) is 26.4. The van der Waals surface area contributed by atoms with Gasteiger partial charge in [0.25, 0.3) is 0 Å². The summed E-state index contributed by atoms with van der Waals surface area (Å²) in [5, 5.41) is 16.4. The fraction of sp³-hybridized carbons (Fsp3) is 0.638. The second kappa shape index (κ2) is 20.4.